The van der Waals surface area contributed by atoms with Crippen molar-refractivity contribution in [3.63, 3.8) is 0 Å². The lowest BCUT2D eigenvalue weighted by atomic mass is 10.2. The zero-order chi connectivity index (χ0) is 12.5. The molecule has 94 valence electrons. The molecule has 0 amide bonds. The van der Waals surface area contributed by atoms with E-state index in [4.69, 9.17) is 4.42 Å². The predicted octanol–water partition coefficient (Wildman–Crippen LogP) is 3.38. The zero-order valence-electron chi connectivity index (χ0n) is 10.4. The Labute approximate surface area is 106 Å². The molecule has 0 bridgehead atoms. The van der Waals surface area contributed by atoms with Crippen molar-refractivity contribution < 1.29 is 9.21 Å². The van der Waals surface area contributed by atoms with E-state index in [2.05, 4.69) is 5.10 Å². The van der Waals surface area contributed by atoms with Gasteiger partial charge in [0.1, 0.15) is 11.5 Å². The molecule has 3 rings (SSSR count). The Morgan fingerprint density at radius 2 is 2.17 bits per heavy atom. The summed E-state index contributed by atoms with van der Waals surface area (Å²) in [5.74, 6) is 1.50. The molecule has 2 aromatic rings. The Balaban J connectivity index is 2.00. The highest BCUT2D eigenvalue weighted by Gasteiger charge is 2.21. The van der Waals surface area contributed by atoms with E-state index in [0.29, 0.717) is 23.1 Å². The smallest absolute Gasteiger partial charge is 0.155 e. The van der Waals surface area contributed by atoms with Gasteiger partial charge in [-0.05, 0) is 31.9 Å². The third kappa shape index (κ3) is 1.88. The Morgan fingerprint density at radius 1 is 1.39 bits per heavy atom. The summed E-state index contributed by atoms with van der Waals surface area (Å²) in [5.41, 5.74) is 1.27. The lowest BCUT2D eigenvalue weighted by molar-refractivity contribution is 0.112. The fourth-order valence-corrected chi connectivity index (χ4v) is 2.60. The maximum Gasteiger partial charge on any atom is 0.155 e. The summed E-state index contributed by atoms with van der Waals surface area (Å²) in [6.45, 7) is 1.89. The van der Waals surface area contributed by atoms with Crippen molar-refractivity contribution in [2.75, 3.05) is 0 Å². The van der Waals surface area contributed by atoms with Crippen molar-refractivity contribution in [2.45, 2.75) is 38.6 Å². The molecule has 18 heavy (non-hydrogen) atoms. The highest BCUT2D eigenvalue weighted by atomic mass is 16.3. The van der Waals surface area contributed by atoms with Gasteiger partial charge in [-0.1, -0.05) is 12.8 Å². The third-order valence-electron chi connectivity index (χ3n) is 3.56. The number of carbonyl (C=O) groups excluding carboxylic acids is 1. The summed E-state index contributed by atoms with van der Waals surface area (Å²) < 4.78 is 7.49. The van der Waals surface area contributed by atoms with Gasteiger partial charge in [0.25, 0.3) is 0 Å². The fourth-order valence-electron chi connectivity index (χ4n) is 2.60. The number of hydrogen-bond acceptors (Lipinski definition) is 3. The van der Waals surface area contributed by atoms with Crippen LogP contribution in [-0.2, 0) is 0 Å². The summed E-state index contributed by atoms with van der Waals surface area (Å²) in [6.07, 6.45) is 7.49. The molecule has 0 radical (unpaired) electrons. The molecular formula is C14H16N2O2. The van der Waals surface area contributed by atoms with Crippen LogP contribution in [0.4, 0.5) is 0 Å². The zero-order valence-corrected chi connectivity index (χ0v) is 10.4. The van der Waals surface area contributed by atoms with Crippen molar-refractivity contribution in [1.29, 1.82) is 0 Å². The van der Waals surface area contributed by atoms with Gasteiger partial charge in [0.2, 0.25) is 0 Å². The van der Waals surface area contributed by atoms with E-state index in [1.807, 2.05) is 29.9 Å². The van der Waals surface area contributed by atoms with E-state index < -0.39 is 0 Å². The summed E-state index contributed by atoms with van der Waals surface area (Å²) >= 11 is 0. The second kappa shape index (κ2) is 4.44. The van der Waals surface area contributed by atoms with Gasteiger partial charge in [-0.25, -0.2) is 0 Å². The van der Waals surface area contributed by atoms with Crippen LogP contribution in [0.1, 0.15) is 47.8 Å². The number of carbonyl (C=O) groups is 1. The number of nitrogens with zero attached hydrogens (tertiary/aromatic N) is 2. The first-order chi connectivity index (χ1) is 8.78. The standard InChI is InChI=1S/C14H16N2O2/c1-10-6-7-13(18-10)14-11(9-17)8-16(15-14)12-4-2-3-5-12/h6-9,12H,2-5H2,1H3. The Bertz CT molecular complexity index is 562. The Hall–Kier alpha value is -1.84. The van der Waals surface area contributed by atoms with Crippen LogP contribution in [-0.4, -0.2) is 16.1 Å². The van der Waals surface area contributed by atoms with Crippen molar-refractivity contribution in [1.82, 2.24) is 9.78 Å². The van der Waals surface area contributed by atoms with Gasteiger partial charge < -0.3 is 4.42 Å². The van der Waals surface area contributed by atoms with Gasteiger partial charge in [0.15, 0.2) is 12.0 Å². The van der Waals surface area contributed by atoms with Gasteiger partial charge >= 0.3 is 0 Å². The molecule has 0 spiro atoms. The topological polar surface area (TPSA) is 48.0 Å². The second-order valence-corrected chi connectivity index (χ2v) is 4.88. The van der Waals surface area contributed by atoms with Crippen LogP contribution in [0.2, 0.25) is 0 Å². The molecule has 1 aliphatic rings. The first-order valence-corrected chi connectivity index (χ1v) is 6.39. The lowest BCUT2D eigenvalue weighted by Crippen LogP contribution is -2.04. The fraction of sp³-hybridized carbons (Fsp3) is 0.429. The molecule has 0 unspecified atom stereocenters. The summed E-state index contributed by atoms with van der Waals surface area (Å²) in [5, 5.41) is 4.54. The Morgan fingerprint density at radius 3 is 2.78 bits per heavy atom. The molecule has 1 saturated carbocycles. The summed E-state index contributed by atoms with van der Waals surface area (Å²) in [6, 6.07) is 4.19. The van der Waals surface area contributed by atoms with E-state index in [0.717, 1.165) is 24.9 Å². The molecule has 1 fully saturated rings. The molecule has 2 heterocycles. The normalized spacial score (nSPS) is 16.3. The summed E-state index contributed by atoms with van der Waals surface area (Å²) in [4.78, 5) is 11.1. The number of rotatable bonds is 3. The van der Waals surface area contributed by atoms with Crippen LogP contribution in [0, 0.1) is 6.92 Å². The van der Waals surface area contributed by atoms with Gasteiger partial charge in [0, 0.05) is 6.20 Å². The van der Waals surface area contributed by atoms with Crippen LogP contribution < -0.4 is 0 Å². The summed E-state index contributed by atoms with van der Waals surface area (Å²) in [7, 11) is 0. The van der Waals surface area contributed by atoms with Crippen molar-refractivity contribution in [3.8, 4) is 11.5 Å². The predicted molar refractivity (Wildman–Crippen MR) is 67.6 cm³/mol. The number of furan rings is 1. The maximum atomic E-state index is 11.1. The minimum atomic E-state index is 0.438. The third-order valence-corrected chi connectivity index (χ3v) is 3.56. The number of aromatic nitrogens is 2. The van der Waals surface area contributed by atoms with Crippen LogP contribution in [0.25, 0.3) is 11.5 Å². The molecule has 0 aliphatic heterocycles. The molecule has 0 aromatic carbocycles. The molecule has 1 aliphatic carbocycles. The van der Waals surface area contributed by atoms with Crippen LogP contribution >= 0.6 is 0 Å². The molecule has 4 nitrogen and oxygen atoms in total. The molecule has 2 aromatic heterocycles. The van der Waals surface area contributed by atoms with Crippen LogP contribution in [0.5, 0.6) is 0 Å². The second-order valence-electron chi connectivity index (χ2n) is 4.88. The average Bonchev–Trinajstić information content (AvgIpc) is 3.07. The number of aldehydes is 1. The average molecular weight is 244 g/mol. The molecular weight excluding hydrogens is 228 g/mol. The van der Waals surface area contributed by atoms with E-state index in [9.17, 15) is 4.79 Å². The van der Waals surface area contributed by atoms with E-state index in [1.54, 1.807) is 0 Å². The minimum absolute atomic E-state index is 0.438. The number of hydrogen-bond donors (Lipinski definition) is 0. The Kier molecular flexibility index (Phi) is 2.78. The van der Waals surface area contributed by atoms with Gasteiger partial charge in [0.05, 0.1) is 11.6 Å². The first kappa shape index (κ1) is 11.3. The maximum absolute atomic E-state index is 11.1. The van der Waals surface area contributed by atoms with Crippen LogP contribution in [0.15, 0.2) is 22.7 Å². The van der Waals surface area contributed by atoms with Gasteiger partial charge in [-0.2, -0.15) is 5.10 Å². The van der Waals surface area contributed by atoms with E-state index in [1.165, 1.54) is 12.8 Å². The van der Waals surface area contributed by atoms with Crippen LogP contribution in [0.3, 0.4) is 0 Å². The van der Waals surface area contributed by atoms with Gasteiger partial charge in [-0.3, -0.25) is 9.48 Å². The number of aryl methyl sites for hydroxylation is 1. The van der Waals surface area contributed by atoms with Crippen molar-refractivity contribution in [2.24, 2.45) is 0 Å². The monoisotopic (exact) mass is 244 g/mol. The molecule has 4 heteroatoms. The lowest BCUT2D eigenvalue weighted by Gasteiger charge is -2.08. The largest absolute Gasteiger partial charge is 0.460 e. The highest BCUT2D eigenvalue weighted by Crippen LogP contribution is 2.31. The van der Waals surface area contributed by atoms with Gasteiger partial charge in [-0.15, -0.1) is 0 Å². The van der Waals surface area contributed by atoms with Crippen molar-refractivity contribution in [3.05, 3.63) is 29.7 Å². The molecule has 0 saturated heterocycles. The molecule has 0 N–H and O–H groups in total. The highest BCUT2D eigenvalue weighted by molar-refractivity contribution is 5.84. The van der Waals surface area contributed by atoms with E-state index in [-0.39, 0.29) is 0 Å². The van der Waals surface area contributed by atoms with Crippen molar-refractivity contribution >= 4 is 6.29 Å². The van der Waals surface area contributed by atoms with E-state index >= 15 is 0 Å². The SMILES string of the molecule is Cc1ccc(-c2nn(C3CCCC3)cc2C=O)o1. The first-order valence-electron chi connectivity index (χ1n) is 6.39. The molecule has 0 atom stereocenters. The minimum Gasteiger partial charge on any atom is -0.460 e. The quantitative estimate of drug-likeness (QED) is 0.777.